The number of pyridine rings is 1. The average Bonchev–Trinajstić information content (AvgIpc) is 3.27. The summed E-state index contributed by atoms with van der Waals surface area (Å²) in [5, 5.41) is 18.9. The van der Waals surface area contributed by atoms with Gasteiger partial charge in [0.1, 0.15) is 11.6 Å². The quantitative estimate of drug-likeness (QED) is 0.323. The van der Waals surface area contributed by atoms with Gasteiger partial charge in [-0.2, -0.15) is 5.10 Å². The number of aromatic nitrogens is 3. The van der Waals surface area contributed by atoms with Gasteiger partial charge in [-0.25, -0.2) is 9.67 Å². The lowest BCUT2D eigenvalue weighted by Gasteiger charge is -2.11. The molecule has 172 valence electrons. The van der Waals surface area contributed by atoms with Crippen LogP contribution in [0.5, 0.6) is 0 Å². The summed E-state index contributed by atoms with van der Waals surface area (Å²) in [6.45, 7) is -0.120. The van der Waals surface area contributed by atoms with Gasteiger partial charge in [-0.05, 0) is 36.4 Å². The number of carbonyl (C=O) groups is 2. The lowest BCUT2D eigenvalue weighted by atomic mass is 10.1. The molecule has 9 nitrogen and oxygen atoms in total. The molecule has 5 N–H and O–H groups in total. The fourth-order valence-corrected chi connectivity index (χ4v) is 3.46. The van der Waals surface area contributed by atoms with E-state index in [0.717, 1.165) is 0 Å². The van der Waals surface area contributed by atoms with Crippen molar-refractivity contribution in [1.29, 1.82) is 0 Å². The van der Waals surface area contributed by atoms with E-state index in [1.165, 1.54) is 10.7 Å². The van der Waals surface area contributed by atoms with Crippen molar-refractivity contribution < 1.29 is 14.7 Å². The number of hydrogen-bond acceptors (Lipinski definition) is 6. The number of amides is 2. The van der Waals surface area contributed by atoms with Gasteiger partial charge in [-0.15, -0.1) is 0 Å². The first kappa shape index (κ1) is 23.0. The maximum Gasteiger partial charge on any atom is 0.271 e. The number of anilines is 2. The third-order valence-corrected chi connectivity index (χ3v) is 5.19. The Hall–Kier alpha value is -4.21. The minimum Gasteiger partial charge on any atom is -0.395 e. The zero-order valence-electron chi connectivity index (χ0n) is 17.9. The van der Waals surface area contributed by atoms with E-state index in [0.29, 0.717) is 22.8 Å². The first-order valence-corrected chi connectivity index (χ1v) is 10.7. The number of nitrogens with one attached hydrogen (secondary N) is 2. The lowest BCUT2D eigenvalue weighted by Crippen LogP contribution is -2.26. The number of nitrogens with two attached hydrogens (primary N) is 1. The van der Waals surface area contributed by atoms with Gasteiger partial charge in [-0.3, -0.25) is 9.59 Å². The molecule has 0 radical (unpaired) electrons. The molecule has 0 fully saturated rings. The fraction of sp³-hybridized carbons (Fsp3) is 0.0833. The Bertz CT molecular complexity index is 1340. The van der Waals surface area contributed by atoms with Crippen LogP contribution in [0.1, 0.15) is 20.8 Å². The number of carbonyl (C=O) groups excluding carboxylic acids is 2. The minimum absolute atomic E-state index is 0.0800. The molecule has 4 rings (SSSR count). The molecule has 0 spiro atoms. The highest BCUT2D eigenvalue weighted by molar-refractivity contribution is 6.34. The summed E-state index contributed by atoms with van der Waals surface area (Å²) in [5.41, 5.74) is 7.99. The van der Waals surface area contributed by atoms with Gasteiger partial charge < -0.3 is 21.5 Å². The first-order chi connectivity index (χ1) is 16.5. The number of halogens is 1. The highest BCUT2D eigenvalue weighted by Gasteiger charge is 2.19. The minimum atomic E-state index is -0.491. The number of aliphatic hydroxyl groups is 1. The van der Waals surface area contributed by atoms with Crippen molar-refractivity contribution in [3.8, 4) is 16.9 Å². The normalized spacial score (nSPS) is 10.6. The molecule has 0 unspecified atom stereocenters. The van der Waals surface area contributed by atoms with Crippen molar-refractivity contribution in [2.24, 2.45) is 0 Å². The van der Waals surface area contributed by atoms with E-state index < -0.39 is 11.8 Å². The zero-order valence-corrected chi connectivity index (χ0v) is 18.7. The van der Waals surface area contributed by atoms with Crippen molar-refractivity contribution in [3.05, 3.63) is 89.1 Å². The standard InChI is InChI=1S/C24H21ClN6O3/c25-18-10-9-15(19-7-4-8-21(26)28-19)13-17(18)23(33)29-22-14-20(24(34)27-11-12-32)30-31(22)16-5-2-1-3-6-16/h1-10,13-14,32H,11-12H2,(H2,26,28)(H,27,34)(H,29,33). The highest BCUT2D eigenvalue weighted by atomic mass is 35.5. The third kappa shape index (κ3) is 5.06. The summed E-state index contributed by atoms with van der Waals surface area (Å²) in [6.07, 6.45) is 0. The summed E-state index contributed by atoms with van der Waals surface area (Å²) in [6, 6.07) is 20.7. The summed E-state index contributed by atoms with van der Waals surface area (Å²) < 4.78 is 1.45. The summed E-state index contributed by atoms with van der Waals surface area (Å²) in [4.78, 5) is 29.9. The molecule has 0 aliphatic carbocycles. The molecule has 2 amide bonds. The van der Waals surface area contributed by atoms with Crippen LogP contribution in [-0.2, 0) is 0 Å². The van der Waals surface area contributed by atoms with Crippen LogP contribution in [0.15, 0.2) is 72.8 Å². The summed E-state index contributed by atoms with van der Waals surface area (Å²) in [7, 11) is 0. The van der Waals surface area contributed by atoms with Crippen LogP contribution in [0.4, 0.5) is 11.6 Å². The van der Waals surface area contributed by atoms with Gasteiger partial charge in [0.05, 0.1) is 28.6 Å². The molecule has 4 aromatic rings. The van der Waals surface area contributed by atoms with Crippen molar-refractivity contribution in [2.75, 3.05) is 24.2 Å². The Kier molecular flexibility index (Phi) is 6.86. The fourth-order valence-electron chi connectivity index (χ4n) is 3.26. The number of hydrogen-bond donors (Lipinski definition) is 4. The van der Waals surface area contributed by atoms with Crippen LogP contribution < -0.4 is 16.4 Å². The van der Waals surface area contributed by atoms with Crippen LogP contribution >= 0.6 is 11.6 Å². The molecule has 0 aliphatic heterocycles. The van der Waals surface area contributed by atoms with Crippen molar-refractivity contribution in [3.63, 3.8) is 0 Å². The molecule has 0 saturated carbocycles. The molecule has 2 aromatic carbocycles. The van der Waals surface area contributed by atoms with Crippen LogP contribution in [0.25, 0.3) is 16.9 Å². The van der Waals surface area contributed by atoms with E-state index in [9.17, 15) is 9.59 Å². The van der Waals surface area contributed by atoms with Crippen LogP contribution in [-0.4, -0.2) is 44.8 Å². The van der Waals surface area contributed by atoms with E-state index in [-0.39, 0.29) is 35.2 Å². The maximum absolute atomic E-state index is 13.2. The zero-order chi connectivity index (χ0) is 24.1. The van der Waals surface area contributed by atoms with E-state index in [2.05, 4.69) is 20.7 Å². The molecule has 0 atom stereocenters. The molecular weight excluding hydrogens is 456 g/mol. The second-order valence-corrected chi connectivity index (χ2v) is 7.65. The van der Waals surface area contributed by atoms with Gasteiger partial charge >= 0.3 is 0 Å². The van der Waals surface area contributed by atoms with Crippen LogP contribution in [0.2, 0.25) is 5.02 Å². The van der Waals surface area contributed by atoms with Gasteiger partial charge in [0.25, 0.3) is 11.8 Å². The second kappa shape index (κ2) is 10.2. The third-order valence-electron chi connectivity index (χ3n) is 4.86. The molecule has 10 heteroatoms. The molecule has 2 aromatic heterocycles. The number of aliphatic hydroxyl groups excluding tert-OH is 1. The Morgan fingerprint density at radius 2 is 1.79 bits per heavy atom. The molecular formula is C24H21ClN6O3. The van der Waals surface area contributed by atoms with Gasteiger partial charge in [0, 0.05) is 18.2 Å². The predicted molar refractivity (Wildman–Crippen MR) is 130 cm³/mol. The number of benzene rings is 2. The average molecular weight is 477 g/mol. The van der Waals surface area contributed by atoms with E-state index in [4.69, 9.17) is 22.4 Å². The van der Waals surface area contributed by atoms with E-state index in [1.54, 1.807) is 48.5 Å². The monoisotopic (exact) mass is 476 g/mol. The molecule has 0 saturated heterocycles. The Labute approximate surface area is 200 Å². The molecule has 0 bridgehead atoms. The van der Waals surface area contributed by atoms with Gasteiger partial charge in [0.15, 0.2) is 5.69 Å². The second-order valence-electron chi connectivity index (χ2n) is 7.24. The lowest BCUT2D eigenvalue weighted by molar-refractivity contribution is 0.0938. The predicted octanol–water partition coefficient (Wildman–Crippen LogP) is 3.14. The largest absolute Gasteiger partial charge is 0.395 e. The van der Waals surface area contributed by atoms with Crippen LogP contribution in [0.3, 0.4) is 0 Å². The van der Waals surface area contributed by atoms with Crippen molar-refractivity contribution >= 4 is 35.1 Å². The smallest absolute Gasteiger partial charge is 0.271 e. The molecule has 2 heterocycles. The molecule has 0 aliphatic rings. The number of para-hydroxylation sites is 1. The van der Waals surface area contributed by atoms with E-state index >= 15 is 0 Å². The first-order valence-electron chi connectivity index (χ1n) is 10.3. The van der Waals surface area contributed by atoms with E-state index in [1.807, 2.05) is 18.2 Å². The Balaban J connectivity index is 1.68. The van der Waals surface area contributed by atoms with Crippen molar-refractivity contribution in [2.45, 2.75) is 0 Å². The number of nitrogen functional groups attached to an aromatic ring is 1. The number of rotatable bonds is 7. The Morgan fingerprint density at radius 3 is 2.53 bits per heavy atom. The molecule has 34 heavy (non-hydrogen) atoms. The van der Waals surface area contributed by atoms with Crippen molar-refractivity contribution in [1.82, 2.24) is 20.1 Å². The topological polar surface area (TPSA) is 135 Å². The van der Waals surface area contributed by atoms with Gasteiger partial charge in [-0.1, -0.05) is 41.9 Å². The highest BCUT2D eigenvalue weighted by Crippen LogP contribution is 2.26. The Morgan fingerprint density at radius 1 is 1.00 bits per heavy atom. The number of nitrogens with zero attached hydrogens (tertiary/aromatic N) is 3. The maximum atomic E-state index is 13.2. The SMILES string of the molecule is Nc1cccc(-c2ccc(Cl)c(C(=O)Nc3cc(C(=O)NCCO)nn3-c3ccccc3)c2)n1. The summed E-state index contributed by atoms with van der Waals surface area (Å²) in [5.74, 6) is -0.340. The summed E-state index contributed by atoms with van der Waals surface area (Å²) >= 11 is 6.33. The van der Waals surface area contributed by atoms with Crippen LogP contribution in [0, 0.1) is 0 Å². The van der Waals surface area contributed by atoms with Gasteiger partial charge in [0.2, 0.25) is 0 Å².